The summed E-state index contributed by atoms with van der Waals surface area (Å²) in [6, 6.07) is 0.205. The highest BCUT2D eigenvalue weighted by Crippen LogP contribution is 2.16. The first-order valence-electron chi connectivity index (χ1n) is 3.39. The predicted molar refractivity (Wildman–Crippen MR) is 42.2 cm³/mol. The Balaban J connectivity index is 4.05. The molecule has 0 aromatic heterocycles. The lowest BCUT2D eigenvalue weighted by Crippen LogP contribution is -2.44. The van der Waals surface area contributed by atoms with E-state index < -0.39 is 15.0 Å². The van der Waals surface area contributed by atoms with Crippen LogP contribution in [0.4, 0.5) is 4.39 Å². The highest BCUT2D eigenvalue weighted by molar-refractivity contribution is 6.60. The summed E-state index contributed by atoms with van der Waals surface area (Å²) in [6.07, 6.45) is -0.957. The van der Waals surface area contributed by atoms with Crippen molar-refractivity contribution in [1.29, 1.82) is 0 Å². The molecule has 3 nitrogen and oxygen atoms in total. The summed E-state index contributed by atoms with van der Waals surface area (Å²) < 4.78 is 27.6. The maximum Gasteiger partial charge on any atom is 0.503 e. The summed E-state index contributed by atoms with van der Waals surface area (Å²) in [7, 11) is 1.77. The lowest BCUT2D eigenvalue weighted by Gasteiger charge is -2.24. The molecule has 0 saturated heterocycles. The molecule has 0 amide bonds. The first kappa shape index (κ1) is 11.0. The molecule has 0 saturated carbocycles. The van der Waals surface area contributed by atoms with Crippen LogP contribution in [0.25, 0.3) is 0 Å². The molecule has 0 N–H and O–H groups in total. The Hall–Kier alpha value is 0.0269. The molecule has 0 radical (unpaired) electrons. The molecule has 0 bridgehead atoms. The smallest absolute Gasteiger partial charge is 0.377 e. The van der Waals surface area contributed by atoms with Gasteiger partial charge in [0.2, 0.25) is 0 Å². The van der Waals surface area contributed by atoms with Crippen molar-refractivity contribution >= 4 is 8.80 Å². The van der Waals surface area contributed by atoms with Gasteiger partial charge in [-0.3, -0.25) is 0 Å². The Kier molecular flexibility index (Phi) is 4.83. The zero-order chi connectivity index (χ0) is 8.91. The monoisotopic (exact) mass is 182 g/mol. The number of halogens is 1. The van der Waals surface area contributed by atoms with Gasteiger partial charge >= 0.3 is 8.80 Å². The van der Waals surface area contributed by atoms with Gasteiger partial charge in [-0.2, -0.15) is 0 Å². The van der Waals surface area contributed by atoms with Crippen molar-refractivity contribution in [1.82, 2.24) is 0 Å². The second-order valence-corrected chi connectivity index (χ2v) is 5.28. The van der Waals surface area contributed by atoms with Crippen LogP contribution in [0.3, 0.4) is 0 Å². The second kappa shape index (κ2) is 4.81. The van der Waals surface area contributed by atoms with Crippen molar-refractivity contribution in [3.8, 4) is 0 Å². The highest BCUT2D eigenvalue weighted by atomic mass is 28.4. The van der Waals surface area contributed by atoms with Gasteiger partial charge in [0.05, 0.1) is 0 Å². The van der Waals surface area contributed by atoms with Gasteiger partial charge in [0.15, 0.2) is 0 Å². The Morgan fingerprint density at radius 1 is 1.18 bits per heavy atom. The van der Waals surface area contributed by atoms with Gasteiger partial charge < -0.3 is 13.3 Å². The molecule has 68 valence electrons. The van der Waals surface area contributed by atoms with E-state index >= 15 is 0 Å². The van der Waals surface area contributed by atoms with Crippen molar-refractivity contribution in [2.45, 2.75) is 19.1 Å². The zero-order valence-corrected chi connectivity index (χ0v) is 8.39. The number of hydrogen-bond acceptors (Lipinski definition) is 3. The molecular weight excluding hydrogens is 167 g/mol. The third kappa shape index (κ3) is 3.28. The molecule has 0 aliphatic rings. The fourth-order valence-electron chi connectivity index (χ4n) is 0.844. The van der Waals surface area contributed by atoms with E-state index in [0.717, 1.165) is 0 Å². The van der Waals surface area contributed by atoms with Crippen LogP contribution in [0, 0.1) is 0 Å². The van der Waals surface area contributed by atoms with Gasteiger partial charge in [0, 0.05) is 27.4 Å². The highest BCUT2D eigenvalue weighted by Gasteiger charge is 2.39. The van der Waals surface area contributed by atoms with Crippen molar-refractivity contribution < 1.29 is 17.7 Å². The van der Waals surface area contributed by atoms with Crippen LogP contribution >= 0.6 is 0 Å². The zero-order valence-electron chi connectivity index (χ0n) is 7.39. The van der Waals surface area contributed by atoms with Gasteiger partial charge in [-0.05, 0) is 6.92 Å². The minimum Gasteiger partial charge on any atom is -0.377 e. The molecule has 0 spiro atoms. The van der Waals surface area contributed by atoms with E-state index in [4.69, 9.17) is 13.3 Å². The number of hydrogen-bond donors (Lipinski definition) is 0. The van der Waals surface area contributed by atoms with Gasteiger partial charge in [0.25, 0.3) is 0 Å². The molecule has 1 unspecified atom stereocenters. The molecule has 0 heterocycles. The summed E-state index contributed by atoms with van der Waals surface area (Å²) in [5.74, 6) is 0. The molecular formula is C6H15FO3Si. The van der Waals surface area contributed by atoms with Crippen molar-refractivity contribution in [3.63, 3.8) is 0 Å². The third-order valence-electron chi connectivity index (χ3n) is 1.46. The van der Waals surface area contributed by atoms with Gasteiger partial charge in [-0.1, -0.05) is 0 Å². The van der Waals surface area contributed by atoms with E-state index in [-0.39, 0.29) is 6.04 Å². The maximum absolute atomic E-state index is 12.6. The van der Waals surface area contributed by atoms with E-state index in [1.54, 1.807) is 0 Å². The van der Waals surface area contributed by atoms with E-state index in [0.29, 0.717) is 0 Å². The number of alkyl halides is 1. The van der Waals surface area contributed by atoms with E-state index in [9.17, 15) is 4.39 Å². The topological polar surface area (TPSA) is 27.7 Å². The molecule has 0 aromatic rings. The fraction of sp³-hybridized carbons (Fsp3) is 1.00. The van der Waals surface area contributed by atoms with E-state index in [1.807, 2.05) is 0 Å². The largest absolute Gasteiger partial charge is 0.503 e. The van der Waals surface area contributed by atoms with Crippen LogP contribution in [-0.2, 0) is 13.3 Å². The molecule has 0 aromatic carbocycles. The minimum absolute atomic E-state index is 0.205. The summed E-state index contributed by atoms with van der Waals surface area (Å²) in [6.45, 7) is 1.46. The van der Waals surface area contributed by atoms with Crippen LogP contribution < -0.4 is 0 Å². The van der Waals surface area contributed by atoms with Crippen LogP contribution in [0.5, 0.6) is 0 Å². The van der Waals surface area contributed by atoms with Crippen molar-refractivity contribution in [2.24, 2.45) is 0 Å². The molecule has 5 heteroatoms. The predicted octanol–water partition coefficient (Wildman–Crippen LogP) is 1.22. The lowest BCUT2D eigenvalue weighted by atomic mass is 10.5. The second-order valence-electron chi connectivity index (χ2n) is 2.28. The number of rotatable bonds is 5. The average Bonchev–Trinajstić information content (AvgIpc) is 2.00. The van der Waals surface area contributed by atoms with Crippen LogP contribution in [0.2, 0.25) is 6.04 Å². The van der Waals surface area contributed by atoms with Crippen LogP contribution in [-0.4, -0.2) is 36.3 Å². The summed E-state index contributed by atoms with van der Waals surface area (Å²) >= 11 is 0. The normalized spacial score (nSPS) is 15.0. The Morgan fingerprint density at radius 2 is 1.55 bits per heavy atom. The van der Waals surface area contributed by atoms with Gasteiger partial charge in [0.1, 0.15) is 6.17 Å². The summed E-state index contributed by atoms with van der Waals surface area (Å²) in [5, 5.41) is 0. The molecule has 1 atom stereocenters. The minimum atomic E-state index is -2.66. The molecule has 11 heavy (non-hydrogen) atoms. The molecule has 0 aliphatic carbocycles. The Labute approximate surface area is 67.8 Å². The van der Waals surface area contributed by atoms with Crippen LogP contribution in [0.15, 0.2) is 0 Å². The Bertz CT molecular complexity index is 97.7. The molecule has 0 aliphatic heterocycles. The van der Waals surface area contributed by atoms with Crippen molar-refractivity contribution in [2.75, 3.05) is 21.3 Å². The van der Waals surface area contributed by atoms with Crippen LogP contribution in [0.1, 0.15) is 6.92 Å². The lowest BCUT2D eigenvalue weighted by molar-refractivity contribution is 0.115. The standard InChI is InChI=1S/C6H15FO3Si/c1-6(7)5-11(8-2,9-3)10-4/h6H,5H2,1-4H3. The van der Waals surface area contributed by atoms with Crippen molar-refractivity contribution in [3.05, 3.63) is 0 Å². The first-order chi connectivity index (χ1) is 5.10. The van der Waals surface area contributed by atoms with Gasteiger partial charge in [-0.25, -0.2) is 4.39 Å². The van der Waals surface area contributed by atoms with E-state index in [1.165, 1.54) is 28.3 Å². The average molecular weight is 182 g/mol. The Morgan fingerprint density at radius 3 is 1.64 bits per heavy atom. The van der Waals surface area contributed by atoms with E-state index in [2.05, 4.69) is 0 Å². The van der Waals surface area contributed by atoms with Gasteiger partial charge in [-0.15, -0.1) is 0 Å². The molecule has 0 rings (SSSR count). The first-order valence-corrected chi connectivity index (χ1v) is 5.33. The molecule has 0 fully saturated rings. The summed E-state index contributed by atoms with van der Waals surface area (Å²) in [5.41, 5.74) is 0. The maximum atomic E-state index is 12.6. The fourth-order valence-corrected chi connectivity index (χ4v) is 2.53. The SMILES string of the molecule is CO[Si](CC(C)F)(OC)OC. The third-order valence-corrected chi connectivity index (χ3v) is 4.39. The quantitative estimate of drug-likeness (QED) is 0.598. The summed E-state index contributed by atoms with van der Waals surface area (Å²) in [4.78, 5) is 0.